The van der Waals surface area contributed by atoms with E-state index in [1.54, 1.807) is 13.0 Å². The Bertz CT molecular complexity index is 588. The molecule has 1 amide bonds. The predicted molar refractivity (Wildman–Crippen MR) is 76.4 cm³/mol. The summed E-state index contributed by atoms with van der Waals surface area (Å²) >= 11 is 0. The Balaban J connectivity index is 2.37. The van der Waals surface area contributed by atoms with E-state index >= 15 is 0 Å². The van der Waals surface area contributed by atoms with Crippen LogP contribution in [0.2, 0.25) is 0 Å². The molecule has 1 heterocycles. The average Bonchev–Trinajstić information content (AvgIpc) is 2.43. The van der Waals surface area contributed by atoms with Crippen molar-refractivity contribution in [2.45, 2.75) is 13.3 Å². The quantitative estimate of drug-likeness (QED) is 0.552. The highest BCUT2D eigenvalue weighted by Gasteiger charge is 2.15. The zero-order valence-electron chi connectivity index (χ0n) is 11.2. The van der Waals surface area contributed by atoms with Gasteiger partial charge in [0.05, 0.1) is 17.9 Å². The molecule has 0 bridgehead atoms. The Hall–Kier alpha value is -1.91. The highest BCUT2D eigenvalue weighted by atomic mass is 32.2. The van der Waals surface area contributed by atoms with Crippen molar-refractivity contribution in [3.05, 3.63) is 30.1 Å². The van der Waals surface area contributed by atoms with E-state index in [0.29, 0.717) is 19.5 Å². The van der Waals surface area contributed by atoms with Gasteiger partial charge in [0, 0.05) is 12.4 Å². The van der Waals surface area contributed by atoms with Crippen LogP contribution in [0.25, 0.3) is 0 Å². The van der Waals surface area contributed by atoms with Crippen molar-refractivity contribution in [3.8, 4) is 11.8 Å². The highest BCUT2D eigenvalue weighted by molar-refractivity contribution is 7.90. The summed E-state index contributed by atoms with van der Waals surface area (Å²) in [5.41, 5.74) is 0.215. The van der Waals surface area contributed by atoms with Gasteiger partial charge in [0.2, 0.25) is 10.0 Å². The number of pyridine rings is 1. The van der Waals surface area contributed by atoms with Crippen molar-refractivity contribution in [2.24, 2.45) is 0 Å². The van der Waals surface area contributed by atoms with Crippen LogP contribution in [0.4, 0.5) is 0 Å². The van der Waals surface area contributed by atoms with E-state index in [1.807, 2.05) is 4.72 Å². The van der Waals surface area contributed by atoms with E-state index in [-0.39, 0.29) is 11.3 Å². The lowest BCUT2D eigenvalue weighted by Gasteiger charge is -2.06. The standard InChI is InChI=1S/C13H17N3O3S/c1-2-3-7-14-9-5-10-20(18,19)16-13(17)12-6-4-8-15-11-12/h4,6,8,11,14H,5,7,9-10H2,1H3,(H,16,17). The van der Waals surface area contributed by atoms with Crippen LogP contribution in [0.1, 0.15) is 23.7 Å². The number of hydrogen-bond acceptors (Lipinski definition) is 5. The summed E-state index contributed by atoms with van der Waals surface area (Å²) < 4.78 is 25.4. The maximum Gasteiger partial charge on any atom is 0.266 e. The molecule has 0 aromatic carbocycles. The van der Waals surface area contributed by atoms with Crippen molar-refractivity contribution in [2.75, 3.05) is 18.8 Å². The molecule has 0 saturated carbocycles. The first-order valence-electron chi connectivity index (χ1n) is 6.10. The molecule has 0 saturated heterocycles. The maximum absolute atomic E-state index is 11.7. The maximum atomic E-state index is 11.7. The number of rotatable bonds is 7. The lowest BCUT2D eigenvalue weighted by molar-refractivity contribution is 0.0981. The van der Waals surface area contributed by atoms with Crippen LogP contribution in [0.15, 0.2) is 24.5 Å². The Morgan fingerprint density at radius 1 is 1.45 bits per heavy atom. The summed E-state index contributed by atoms with van der Waals surface area (Å²) in [6.07, 6.45) is 3.23. The van der Waals surface area contributed by atoms with Gasteiger partial charge in [-0.15, -0.1) is 5.92 Å². The molecule has 2 N–H and O–H groups in total. The molecule has 6 nitrogen and oxygen atoms in total. The second-order valence-electron chi connectivity index (χ2n) is 3.95. The first kappa shape index (κ1) is 16.1. The molecule has 1 aromatic heterocycles. The molecular weight excluding hydrogens is 278 g/mol. The summed E-state index contributed by atoms with van der Waals surface area (Å²) in [7, 11) is -3.63. The lowest BCUT2D eigenvalue weighted by atomic mass is 10.3. The number of nitrogens with zero attached hydrogens (tertiary/aromatic N) is 1. The molecule has 0 fully saturated rings. The van der Waals surface area contributed by atoms with Gasteiger partial charge in [-0.25, -0.2) is 13.1 Å². The second-order valence-corrected chi connectivity index (χ2v) is 5.79. The number of sulfonamides is 1. The minimum atomic E-state index is -3.63. The third-order valence-corrected chi connectivity index (χ3v) is 3.65. The van der Waals surface area contributed by atoms with Gasteiger partial charge in [0.15, 0.2) is 0 Å². The molecule has 1 aromatic rings. The number of aromatic nitrogens is 1. The molecule has 20 heavy (non-hydrogen) atoms. The van der Waals surface area contributed by atoms with Crippen LogP contribution in [0.3, 0.4) is 0 Å². The third-order valence-electron chi connectivity index (χ3n) is 2.33. The van der Waals surface area contributed by atoms with Gasteiger partial charge in [-0.2, -0.15) is 0 Å². The molecule has 0 unspecified atom stereocenters. The van der Waals surface area contributed by atoms with E-state index in [9.17, 15) is 13.2 Å². The number of hydrogen-bond donors (Lipinski definition) is 2. The van der Waals surface area contributed by atoms with Crippen LogP contribution in [0.5, 0.6) is 0 Å². The molecule has 0 aliphatic heterocycles. The molecule has 7 heteroatoms. The zero-order valence-corrected chi connectivity index (χ0v) is 12.0. The lowest BCUT2D eigenvalue weighted by Crippen LogP contribution is -2.33. The van der Waals surface area contributed by atoms with Gasteiger partial charge in [-0.05, 0) is 32.0 Å². The van der Waals surface area contributed by atoms with Gasteiger partial charge >= 0.3 is 0 Å². The fraction of sp³-hybridized carbons (Fsp3) is 0.385. The van der Waals surface area contributed by atoms with E-state index in [4.69, 9.17) is 0 Å². The van der Waals surface area contributed by atoms with E-state index in [2.05, 4.69) is 22.1 Å². The fourth-order valence-electron chi connectivity index (χ4n) is 1.37. The van der Waals surface area contributed by atoms with E-state index in [1.165, 1.54) is 18.5 Å². The summed E-state index contributed by atoms with van der Waals surface area (Å²) in [6.45, 7) is 2.79. The number of carbonyl (C=O) groups is 1. The summed E-state index contributed by atoms with van der Waals surface area (Å²) in [5, 5.41) is 2.98. The first-order chi connectivity index (χ1) is 9.55. The minimum absolute atomic E-state index is 0.119. The number of carbonyl (C=O) groups excluding carboxylic acids is 1. The van der Waals surface area contributed by atoms with Crippen LogP contribution in [-0.2, 0) is 10.0 Å². The number of nitrogens with one attached hydrogen (secondary N) is 2. The molecule has 0 radical (unpaired) electrons. The van der Waals surface area contributed by atoms with Crippen LogP contribution in [-0.4, -0.2) is 38.2 Å². The van der Waals surface area contributed by atoms with Crippen molar-refractivity contribution in [3.63, 3.8) is 0 Å². The third kappa shape index (κ3) is 6.31. The zero-order chi connectivity index (χ0) is 14.8. The Kier molecular flexibility index (Phi) is 6.70. The van der Waals surface area contributed by atoms with Crippen molar-refractivity contribution < 1.29 is 13.2 Å². The van der Waals surface area contributed by atoms with E-state index < -0.39 is 15.9 Å². The summed E-state index contributed by atoms with van der Waals surface area (Å²) in [4.78, 5) is 15.4. The van der Waals surface area contributed by atoms with Crippen molar-refractivity contribution >= 4 is 15.9 Å². The smallest absolute Gasteiger partial charge is 0.266 e. The molecular formula is C13H17N3O3S. The van der Waals surface area contributed by atoms with Crippen LogP contribution < -0.4 is 10.0 Å². The largest absolute Gasteiger partial charge is 0.306 e. The number of amides is 1. The van der Waals surface area contributed by atoms with E-state index in [0.717, 1.165) is 0 Å². The van der Waals surface area contributed by atoms with Crippen LogP contribution >= 0.6 is 0 Å². The van der Waals surface area contributed by atoms with Gasteiger partial charge in [0.1, 0.15) is 0 Å². The minimum Gasteiger partial charge on any atom is -0.306 e. The molecule has 0 aliphatic rings. The normalized spacial score (nSPS) is 10.4. The SMILES string of the molecule is CC#CCNCCCS(=O)(=O)NC(=O)c1cccnc1. The molecule has 1 rings (SSSR count). The Labute approximate surface area is 119 Å². The predicted octanol–water partition coefficient (Wildman–Crippen LogP) is 0.144. The topological polar surface area (TPSA) is 88.2 Å². The van der Waals surface area contributed by atoms with Crippen molar-refractivity contribution in [1.82, 2.24) is 15.0 Å². The Morgan fingerprint density at radius 3 is 2.90 bits per heavy atom. The molecule has 0 aliphatic carbocycles. The van der Waals surface area contributed by atoms with Crippen LogP contribution in [0, 0.1) is 11.8 Å². The summed E-state index contributed by atoms with van der Waals surface area (Å²) in [5.74, 6) is 4.75. The molecule has 108 valence electrons. The fourth-order valence-corrected chi connectivity index (χ4v) is 2.40. The highest BCUT2D eigenvalue weighted by Crippen LogP contribution is 1.98. The molecule has 0 spiro atoms. The summed E-state index contributed by atoms with van der Waals surface area (Å²) in [6, 6.07) is 3.07. The van der Waals surface area contributed by atoms with Gasteiger partial charge in [-0.1, -0.05) is 5.92 Å². The van der Waals surface area contributed by atoms with Gasteiger partial charge in [0.25, 0.3) is 5.91 Å². The average molecular weight is 295 g/mol. The van der Waals surface area contributed by atoms with Gasteiger partial charge in [-0.3, -0.25) is 9.78 Å². The second kappa shape index (κ2) is 8.30. The first-order valence-corrected chi connectivity index (χ1v) is 7.75. The van der Waals surface area contributed by atoms with Gasteiger partial charge < -0.3 is 5.32 Å². The Morgan fingerprint density at radius 2 is 2.25 bits per heavy atom. The van der Waals surface area contributed by atoms with Crippen molar-refractivity contribution in [1.29, 1.82) is 0 Å². The monoisotopic (exact) mass is 295 g/mol. The molecule has 0 atom stereocenters.